The number of nitrogens with zero attached hydrogens (tertiary/aromatic N) is 2. The number of hydrogen-bond donors (Lipinski definition) is 1. The zero-order chi connectivity index (χ0) is 13.9. The average Bonchev–Trinajstić information content (AvgIpc) is 2.81. The first-order chi connectivity index (χ1) is 8.95. The first-order valence-electron chi connectivity index (χ1n) is 8.10. The van der Waals surface area contributed by atoms with E-state index in [1.54, 1.807) is 0 Å². The van der Waals surface area contributed by atoms with Gasteiger partial charge in [0, 0.05) is 38.3 Å². The van der Waals surface area contributed by atoms with E-state index >= 15 is 0 Å². The lowest BCUT2D eigenvalue weighted by atomic mass is 9.99. The van der Waals surface area contributed by atoms with E-state index in [4.69, 9.17) is 0 Å². The van der Waals surface area contributed by atoms with Crippen LogP contribution in [0.4, 0.5) is 0 Å². The second-order valence-corrected chi connectivity index (χ2v) is 7.50. The lowest BCUT2D eigenvalue weighted by molar-refractivity contribution is 0.0306. The van der Waals surface area contributed by atoms with Crippen molar-refractivity contribution in [2.24, 2.45) is 5.92 Å². The number of piperazine rings is 1. The van der Waals surface area contributed by atoms with Crippen molar-refractivity contribution in [1.82, 2.24) is 9.80 Å². The molecule has 2 rings (SSSR count). The molecule has 0 spiro atoms. The smallest absolute Gasteiger partial charge is 0.0669 e. The summed E-state index contributed by atoms with van der Waals surface area (Å²) in [5.41, 5.74) is 0.286. The predicted octanol–water partition coefficient (Wildman–Crippen LogP) is 2.34. The molecule has 2 fully saturated rings. The highest BCUT2D eigenvalue weighted by Crippen LogP contribution is 2.28. The summed E-state index contributed by atoms with van der Waals surface area (Å²) in [6.07, 6.45) is 6.36. The Morgan fingerprint density at radius 2 is 1.63 bits per heavy atom. The van der Waals surface area contributed by atoms with Crippen molar-refractivity contribution >= 4 is 0 Å². The fourth-order valence-electron chi connectivity index (χ4n) is 3.60. The molecule has 1 saturated heterocycles. The Kier molecular flexibility index (Phi) is 5.27. The first kappa shape index (κ1) is 15.3. The van der Waals surface area contributed by atoms with E-state index in [0.29, 0.717) is 0 Å². The molecule has 0 amide bonds. The van der Waals surface area contributed by atoms with Gasteiger partial charge in [-0.25, -0.2) is 0 Å². The molecule has 1 saturated carbocycles. The van der Waals surface area contributed by atoms with E-state index in [-0.39, 0.29) is 11.6 Å². The Morgan fingerprint density at radius 3 is 2.16 bits per heavy atom. The summed E-state index contributed by atoms with van der Waals surface area (Å²) in [6, 6.07) is 0. The van der Waals surface area contributed by atoms with E-state index in [1.807, 2.05) is 0 Å². The van der Waals surface area contributed by atoms with Crippen LogP contribution in [0.2, 0.25) is 0 Å². The quantitative estimate of drug-likeness (QED) is 0.848. The summed E-state index contributed by atoms with van der Waals surface area (Å²) < 4.78 is 0. The van der Waals surface area contributed by atoms with Gasteiger partial charge in [-0.1, -0.05) is 25.7 Å². The van der Waals surface area contributed by atoms with Gasteiger partial charge in [-0.15, -0.1) is 0 Å². The van der Waals surface area contributed by atoms with E-state index < -0.39 is 0 Å². The van der Waals surface area contributed by atoms with Gasteiger partial charge in [0.25, 0.3) is 0 Å². The lowest BCUT2D eigenvalue weighted by Gasteiger charge is -2.42. The second kappa shape index (κ2) is 6.55. The maximum Gasteiger partial charge on any atom is 0.0669 e. The molecule has 1 aliphatic heterocycles. The number of hydrogen-bond acceptors (Lipinski definition) is 3. The number of β-amino-alcohol motifs (C(OH)–C–C–N with tert-alkyl or cyclic N) is 1. The van der Waals surface area contributed by atoms with Crippen LogP contribution in [0.5, 0.6) is 0 Å². The summed E-state index contributed by atoms with van der Waals surface area (Å²) in [4.78, 5) is 4.99. The molecule has 1 heterocycles. The molecule has 1 N–H and O–H groups in total. The third kappa shape index (κ3) is 4.73. The topological polar surface area (TPSA) is 26.7 Å². The van der Waals surface area contributed by atoms with Gasteiger partial charge < -0.3 is 5.11 Å². The summed E-state index contributed by atoms with van der Waals surface area (Å²) >= 11 is 0. The Labute approximate surface area is 119 Å². The molecule has 1 unspecified atom stereocenters. The maximum atomic E-state index is 10.2. The van der Waals surface area contributed by atoms with Crippen molar-refractivity contribution in [2.45, 2.75) is 64.5 Å². The fraction of sp³-hybridized carbons (Fsp3) is 1.00. The van der Waals surface area contributed by atoms with Gasteiger partial charge in [-0.05, 0) is 33.1 Å². The van der Waals surface area contributed by atoms with Crippen molar-refractivity contribution in [3.8, 4) is 0 Å². The van der Waals surface area contributed by atoms with Crippen molar-refractivity contribution in [3.63, 3.8) is 0 Å². The van der Waals surface area contributed by atoms with E-state index in [2.05, 4.69) is 30.6 Å². The van der Waals surface area contributed by atoms with Crippen LogP contribution in [-0.4, -0.2) is 59.3 Å². The van der Waals surface area contributed by atoms with Gasteiger partial charge >= 0.3 is 0 Å². The monoisotopic (exact) mass is 268 g/mol. The van der Waals surface area contributed by atoms with Crippen LogP contribution in [0.15, 0.2) is 0 Å². The minimum absolute atomic E-state index is 0.107. The van der Waals surface area contributed by atoms with Crippen LogP contribution in [0.25, 0.3) is 0 Å². The van der Waals surface area contributed by atoms with Gasteiger partial charge in [0.05, 0.1) is 6.10 Å². The molecule has 112 valence electrons. The van der Waals surface area contributed by atoms with Crippen LogP contribution in [-0.2, 0) is 0 Å². The molecule has 19 heavy (non-hydrogen) atoms. The molecular formula is C16H32N2O. The van der Waals surface area contributed by atoms with Gasteiger partial charge in [0.2, 0.25) is 0 Å². The van der Waals surface area contributed by atoms with Gasteiger partial charge in [0.1, 0.15) is 0 Å². The molecule has 0 bridgehead atoms. The minimum Gasteiger partial charge on any atom is -0.392 e. The number of aliphatic hydroxyl groups excluding tert-OH is 1. The molecule has 1 aliphatic carbocycles. The molecule has 0 radical (unpaired) electrons. The van der Waals surface area contributed by atoms with Gasteiger partial charge in [0.15, 0.2) is 0 Å². The summed E-state index contributed by atoms with van der Waals surface area (Å²) in [7, 11) is 0. The molecule has 0 aromatic carbocycles. The van der Waals surface area contributed by atoms with Crippen LogP contribution >= 0.6 is 0 Å². The minimum atomic E-state index is -0.107. The van der Waals surface area contributed by atoms with Crippen LogP contribution in [0, 0.1) is 5.92 Å². The van der Waals surface area contributed by atoms with Gasteiger partial charge in [-0.2, -0.15) is 0 Å². The number of rotatable bonds is 4. The molecule has 3 heteroatoms. The average molecular weight is 268 g/mol. The normalized spacial score (nSPS) is 25.9. The number of aliphatic hydroxyl groups is 1. The SMILES string of the molecule is CC(C)(C)N1CCN(CC(O)CC2CCCC2)CC1. The first-order valence-corrected chi connectivity index (χ1v) is 8.10. The molecule has 0 aromatic heterocycles. The standard InChI is InChI=1S/C16H32N2O/c1-16(2,3)18-10-8-17(9-11-18)13-15(19)12-14-6-4-5-7-14/h14-15,19H,4-13H2,1-3H3. The Bertz CT molecular complexity index is 260. The zero-order valence-electron chi connectivity index (χ0n) is 13.1. The third-order valence-corrected chi connectivity index (χ3v) is 4.87. The molecular weight excluding hydrogens is 236 g/mol. The van der Waals surface area contributed by atoms with Crippen molar-refractivity contribution < 1.29 is 5.11 Å². The highest BCUT2D eigenvalue weighted by atomic mass is 16.3. The van der Waals surface area contributed by atoms with Crippen LogP contribution in [0.1, 0.15) is 52.9 Å². The Morgan fingerprint density at radius 1 is 1.05 bits per heavy atom. The highest BCUT2D eigenvalue weighted by Gasteiger charge is 2.27. The summed E-state index contributed by atoms with van der Waals surface area (Å²) in [6.45, 7) is 12.2. The second-order valence-electron chi connectivity index (χ2n) is 7.50. The van der Waals surface area contributed by atoms with Gasteiger partial charge in [-0.3, -0.25) is 9.80 Å². The molecule has 3 nitrogen and oxygen atoms in total. The van der Waals surface area contributed by atoms with E-state index in [9.17, 15) is 5.11 Å². The van der Waals surface area contributed by atoms with Crippen molar-refractivity contribution in [1.29, 1.82) is 0 Å². The zero-order valence-corrected chi connectivity index (χ0v) is 13.1. The van der Waals surface area contributed by atoms with Crippen LogP contribution < -0.4 is 0 Å². The van der Waals surface area contributed by atoms with Crippen molar-refractivity contribution in [2.75, 3.05) is 32.7 Å². The van der Waals surface area contributed by atoms with Crippen molar-refractivity contribution in [3.05, 3.63) is 0 Å². The van der Waals surface area contributed by atoms with E-state index in [0.717, 1.165) is 45.1 Å². The van der Waals surface area contributed by atoms with E-state index in [1.165, 1.54) is 25.7 Å². The third-order valence-electron chi connectivity index (χ3n) is 4.87. The summed E-state index contributed by atoms with van der Waals surface area (Å²) in [5, 5.41) is 10.2. The lowest BCUT2D eigenvalue weighted by Crippen LogP contribution is -2.54. The largest absolute Gasteiger partial charge is 0.392 e. The Hall–Kier alpha value is -0.120. The highest BCUT2D eigenvalue weighted by molar-refractivity contribution is 4.83. The maximum absolute atomic E-state index is 10.2. The molecule has 1 atom stereocenters. The summed E-state index contributed by atoms with van der Waals surface area (Å²) in [5.74, 6) is 0.797. The van der Waals surface area contributed by atoms with Crippen LogP contribution in [0.3, 0.4) is 0 Å². The molecule has 2 aliphatic rings. The fourth-order valence-corrected chi connectivity index (χ4v) is 3.60. The molecule has 0 aromatic rings. The predicted molar refractivity (Wildman–Crippen MR) is 80.3 cm³/mol. The Balaban J connectivity index is 1.67.